The Balaban J connectivity index is 1.91. The van der Waals surface area contributed by atoms with Crippen LogP contribution in [0.1, 0.15) is 22.5 Å². The number of halogens is 1. The molecule has 1 aliphatic rings. The summed E-state index contributed by atoms with van der Waals surface area (Å²) < 4.78 is 14.9. The maximum absolute atomic E-state index is 12.9. The lowest BCUT2D eigenvalue weighted by atomic mass is 10.0. The van der Waals surface area contributed by atoms with Crippen LogP contribution in [0.3, 0.4) is 0 Å². The Morgan fingerprint density at radius 1 is 1.33 bits per heavy atom. The van der Waals surface area contributed by atoms with Crippen LogP contribution in [0.4, 0.5) is 4.39 Å². The Morgan fingerprint density at radius 2 is 2.11 bits per heavy atom. The van der Waals surface area contributed by atoms with E-state index in [9.17, 15) is 4.39 Å². The number of benzene rings is 1. The fourth-order valence-electron chi connectivity index (χ4n) is 2.54. The van der Waals surface area contributed by atoms with Gasteiger partial charge in [-0.3, -0.25) is 4.68 Å². The molecule has 0 saturated heterocycles. The van der Waals surface area contributed by atoms with Crippen LogP contribution in [0.2, 0.25) is 0 Å². The fraction of sp³-hybridized carbons (Fsp3) is 0.357. The Morgan fingerprint density at radius 3 is 2.89 bits per heavy atom. The average Bonchev–Trinajstić information content (AvgIpc) is 2.70. The molecule has 0 saturated carbocycles. The molecule has 0 fully saturated rings. The van der Waals surface area contributed by atoms with Crippen LogP contribution >= 0.6 is 0 Å². The predicted molar refractivity (Wildman–Crippen MR) is 67.8 cm³/mol. The third kappa shape index (κ3) is 2.04. The molecule has 0 atom stereocenters. The van der Waals surface area contributed by atoms with Crippen LogP contribution in [-0.4, -0.2) is 16.3 Å². The van der Waals surface area contributed by atoms with Gasteiger partial charge in [0.25, 0.3) is 0 Å². The third-order valence-corrected chi connectivity index (χ3v) is 3.48. The van der Waals surface area contributed by atoms with Gasteiger partial charge in [-0.15, -0.1) is 0 Å². The van der Waals surface area contributed by atoms with E-state index in [1.54, 1.807) is 0 Å². The lowest BCUT2D eigenvalue weighted by Gasteiger charge is -2.14. The molecule has 1 aromatic heterocycles. The number of nitrogens with one attached hydrogen (secondary N) is 1. The highest BCUT2D eigenvalue weighted by Gasteiger charge is 2.18. The van der Waals surface area contributed by atoms with E-state index in [4.69, 9.17) is 0 Å². The first-order chi connectivity index (χ1) is 8.74. The number of hydrogen-bond donors (Lipinski definition) is 1. The summed E-state index contributed by atoms with van der Waals surface area (Å²) in [6.07, 6.45) is 1.80. The summed E-state index contributed by atoms with van der Waals surface area (Å²) in [5.41, 5.74) is 4.84. The zero-order valence-corrected chi connectivity index (χ0v) is 10.4. The molecule has 4 heteroatoms. The maximum Gasteiger partial charge on any atom is 0.123 e. The molecule has 1 aliphatic heterocycles. The molecular formula is C14H16FN3. The first-order valence-electron chi connectivity index (χ1n) is 6.23. The van der Waals surface area contributed by atoms with Crippen molar-refractivity contribution < 1.29 is 4.39 Å². The minimum Gasteiger partial charge on any atom is -0.312 e. The van der Waals surface area contributed by atoms with E-state index in [0.717, 1.165) is 37.2 Å². The largest absolute Gasteiger partial charge is 0.312 e. The monoisotopic (exact) mass is 245 g/mol. The summed E-state index contributed by atoms with van der Waals surface area (Å²) in [5, 5.41) is 7.97. The van der Waals surface area contributed by atoms with Crippen molar-refractivity contribution in [1.82, 2.24) is 15.1 Å². The van der Waals surface area contributed by atoms with Crippen molar-refractivity contribution in [1.29, 1.82) is 0 Å². The molecule has 0 unspecified atom stereocenters. The van der Waals surface area contributed by atoms with E-state index >= 15 is 0 Å². The summed E-state index contributed by atoms with van der Waals surface area (Å²) in [6.45, 7) is 1.90. The SMILES string of the molecule is Cn1nc(Cc2ccc(F)cc2)c2c1CCNC2. The number of hydrogen-bond acceptors (Lipinski definition) is 2. The van der Waals surface area contributed by atoms with E-state index in [0.29, 0.717) is 0 Å². The minimum absolute atomic E-state index is 0.191. The van der Waals surface area contributed by atoms with E-state index < -0.39 is 0 Å². The number of fused-ring (bicyclic) bond motifs is 1. The molecule has 1 N–H and O–H groups in total. The molecule has 0 amide bonds. The normalized spacial score (nSPS) is 14.6. The van der Waals surface area contributed by atoms with E-state index in [-0.39, 0.29) is 5.82 Å². The average molecular weight is 245 g/mol. The molecule has 18 heavy (non-hydrogen) atoms. The predicted octanol–water partition coefficient (Wildman–Crippen LogP) is 1.80. The lowest BCUT2D eigenvalue weighted by molar-refractivity contribution is 0.604. The van der Waals surface area contributed by atoms with Gasteiger partial charge in [-0.2, -0.15) is 5.10 Å². The molecule has 0 spiro atoms. The van der Waals surface area contributed by atoms with Crippen LogP contribution in [0.5, 0.6) is 0 Å². The first kappa shape index (κ1) is 11.4. The Labute approximate surface area is 106 Å². The molecule has 2 aromatic rings. The highest BCUT2D eigenvalue weighted by atomic mass is 19.1. The number of nitrogens with zero attached hydrogens (tertiary/aromatic N) is 2. The zero-order chi connectivity index (χ0) is 12.5. The van der Waals surface area contributed by atoms with Gasteiger partial charge in [-0.25, -0.2) is 4.39 Å². The van der Waals surface area contributed by atoms with E-state index in [2.05, 4.69) is 10.4 Å². The van der Waals surface area contributed by atoms with Crippen molar-refractivity contribution in [2.24, 2.45) is 7.05 Å². The minimum atomic E-state index is -0.191. The van der Waals surface area contributed by atoms with Crippen molar-refractivity contribution >= 4 is 0 Å². The van der Waals surface area contributed by atoms with Gasteiger partial charge in [0.2, 0.25) is 0 Å². The number of aryl methyl sites for hydroxylation is 1. The van der Waals surface area contributed by atoms with Crippen molar-refractivity contribution in [2.45, 2.75) is 19.4 Å². The Hall–Kier alpha value is -1.68. The van der Waals surface area contributed by atoms with Crippen molar-refractivity contribution in [3.63, 3.8) is 0 Å². The van der Waals surface area contributed by atoms with Crippen LogP contribution in [-0.2, 0) is 26.4 Å². The van der Waals surface area contributed by atoms with Crippen LogP contribution in [0.25, 0.3) is 0 Å². The standard InChI is InChI=1S/C14H16FN3/c1-18-14-6-7-16-9-12(14)13(17-18)8-10-2-4-11(15)5-3-10/h2-5,16H,6-9H2,1H3. The smallest absolute Gasteiger partial charge is 0.123 e. The second-order valence-electron chi connectivity index (χ2n) is 4.73. The highest BCUT2D eigenvalue weighted by molar-refractivity contribution is 5.33. The molecule has 2 heterocycles. The molecule has 94 valence electrons. The van der Waals surface area contributed by atoms with Crippen molar-refractivity contribution in [3.05, 3.63) is 52.6 Å². The van der Waals surface area contributed by atoms with Gasteiger partial charge in [-0.1, -0.05) is 12.1 Å². The Bertz CT molecular complexity index is 557. The molecule has 3 rings (SSSR count). The van der Waals surface area contributed by atoms with Crippen molar-refractivity contribution in [2.75, 3.05) is 6.54 Å². The summed E-state index contributed by atoms with van der Waals surface area (Å²) in [7, 11) is 2.00. The molecule has 0 bridgehead atoms. The fourth-order valence-corrected chi connectivity index (χ4v) is 2.54. The molecule has 0 radical (unpaired) electrons. The summed E-state index contributed by atoms with van der Waals surface area (Å²) in [4.78, 5) is 0. The number of aromatic nitrogens is 2. The van der Waals surface area contributed by atoms with Gasteiger partial charge < -0.3 is 5.32 Å². The third-order valence-electron chi connectivity index (χ3n) is 3.48. The molecule has 0 aliphatic carbocycles. The molecular weight excluding hydrogens is 229 g/mol. The molecule has 3 nitrogen and oxygen atoms in total. The van der Waals surface area contributed by atoms with Crippen LogP contribution in [0.15, 0.2) is 24.3 Å². The van der Waals surface area contributed by atoms with Gasteiger partial charge in [0.1, 0.15) is 5.82 Å². The van der Waals surface area contributed by atoms with Gasteiger partial charge in [0, 0.05) is 44.2 Å². The van der Waals surface area contributed by atoms with Gasteiger partial charge >= 0.3 is 0 Å². The Kier molecular flexibility index (Phi) is 2.88. The summed E-state index contributed by atoms with van der Waals surface area (Å²) in [5.74, 6) is -0.191. The maximum atomic E-state index is 12.9. The lowest BCUT2D eigenvalue weighted by Crippen LogP contribution is -2.24. The zero-order valence-electron chi connectivity index (χ0n) is 10.4. The summed E-state index contributed by atoms with van der Waals surface area (Å²) >= 11 is 0. The van der Waals surface area contributed by atoms with Gasteiger partial charge in [0.15, 0.2) is 0 Å². The van der Waals surface area contributed by atoms with E-state index in [1.165, 1.54) is 23.4 Å². The van der Waals surface area contributed by atoms with Crippen molar-refractivity contribution in [3.8, 4) is 0 Å². The number of rotatable bonds is 2. The van der Waals surface area contributed by atoms with E-state index in [1.807, 2.05) is 23.9 Å². The highest BCUT2D eigenvalue weighted by Crippen LogP contribution is 2.20. The topological polar surface area (TPSA) is 29.9 Å². The van der Waals surface area contributed by atoms with Gasteiger partial charge in [0.05, 0.1) is 5.69 Å². The summed E-state index contributed by atoms with van der Waals surface area (Å²) in [6, 6.07) is 6.66. The second kappa shape index (κ2) is 4.53. The second-order valence-corrected chi connectivity index (χ2v) is 4.73. The van der Waals surface area contributed by atoms with Crippen LogP contribution < -0.4 is 5.32 Å². The first-order valence-corrected chi connectivity index (χ1v) is 6.23. The molecule has 1 aromatic carbocycles. The quantitative estimate of drug-likeness (QED) is 0.874. The van der Waals surface area contributed by atoms with Crippen LogP contribution in [0, 0.1) is 5.82 Å². The van der Waals surface area contributed by atoms with Gasteiger partial charge in [-0.05, 0) is 17.7 Å².